The van der Waals surface area contributed by atoms with Crippen molar-refractivity contribution in [2.45, 2.75) is 25.0 Å². The number of methoxy groups -OCH3 is 1. The molecule has 0 N–H and O–H groups in total. The molecule has 1 aliphatic rings. The van der Waals surface area contributed by atoms with Gasteiger partial charge >= 0.3 is 5.97 Å². The largest absolute Gasteiger partial charge is 0.473 e. The zero-order valence-electron chi connectivity index (χ0n) is 15.7. The van der Waals surface area contributed by atoms with Crippen LogP contribution in [0.3, 0.4) is 0 Å². The molecule has 0 amide bonds. The van der Waals surface area contributed by atoms with E-state index in [0.29, 0.717) is 41.6 Å². The van der Waals surface area contributed by atoms with E-state index < -0.39 is 0 Å². The summed E-state index contributed by atoms with van der Waals surface area (Å²) in [5, 5.41) is 3.76. The maximum absolute atomic E-state index is 12.0. The normalized spacial score (nSPS) is 18.0. The smallest absolute Gasteiger partial charge is 0.338 e. The molecule has 0 spiro atoms. The van der Waals surface area contributed by atoms with Crippen LogP contribution in [0.15, 0.2) is 53.3 Å². The molecule has 9 heteroatoms. The summed E-state index contributed by atoms with van der Waals surface area (Å²) in [6.07, 6.45) is 4.05. The van der Waals surface area contributed by atoms with Crippen LogP contribution in [-0.2, 0) is 9.47 Å². The number of rotatable bonds is 8. The van der Waals surface area contributed by atoms with Gasteiger partial charge in [0.2, 0.25) is 5.88 Å². The summed E-state index contributed by atoms with van der Waals surface area (Å²) in [6, 6.07) is 10.5. The van der Waals surface area contributed by atoms with Gasteiger partial charge in [0.25, 0.3) is 5.88 Å². The van der Waals surface area contributed by atoms with Crippen molar-refractivity contribution in [1.29, 1.82) is 0 Å². The van der Waals surface area contributed by atoms with Gasteiger partial charge in [-0.25, -0.2) is 14.8 Å². The zero-order chi connectivity index (χ0) is 20.1. The fourth-order valence-electron chi connectivity index (χ4n) is 2.75. The number of ether oxygens (including phenoxy) is 4. The summed E-state index contributed by atoms with van der Waals surface area (Å²) in [5.41, 5.74) is 1.04. The Balaban J connectivity index is 1.25. The number of benzene rings is 1. The summed E-state index contributed by atoms with van der Waals surface area (Å²) in [6.45, 7) is 0.0769. The van der Waals surface area contributed by atoms with Crippen LogP contribution in [0.25, 0.3) is 11.5 Å². The van der Waals surface area contributed by atoms with Crippen LogP contribution >= 0.6 is 0 Å². The Morgan fingerprint density at radius 2 is 1.93 bits per heavy atom. The van der Waals surface area contributed by atoms with Crippen LogP contribution in [0.1, 0.15) is 23.2 Å². The summed E-state index contributed by atoms with van der Waals surface area (Å²) in [4.78, 5) is 20.5. The lowest BCUT2D eigenvalue weighted by Gasteiger charge is -2.34. The van der Waals surface area contributed by atoms with Crippen molar-refractivity contribution < 1.29 is 28.3 Å². The molecule has 2 heterocycles. The fourth-order valence-corrected chi connectivity index (χ4v) is 2.75. The van der Waals surface area contributed by atoms with Gasteiger partial charge in [-0.15, -0.1) is 0 Å². The molecule has 29 heavy (non-hydrogen) atoms. The van der Waals surface area contributed by atoms with E-state index in [1.807, 2.05) is 6.07 Å². The molecule has 3 aromatic rings. The van der Waals surface area contributed by atoms with Crippen LogP contribution in [0, 0.1) is 0 Å². The topological polar surface area (TPSA) is 106 Å². The number of carbonyl (C=O) groups is 1. The molecular formula is C20H19N3O6. The summed E-state index contributed by atoms with van der Waals surface area (Å²) in [5.74, 6) is 0.794. The summed E-state index contributed by atoms with van der Waals surface area (Å²) in [7, 11) is 1.52. The first-order valence-electron chi connectivity index (χ1n) is 9.05. The highest BCUT2D eigenvalue weighted by atomic mass is 16.7. The quantitative estimate of drug-likeness (QED) is 0.419. The minimum Gasteiger partial charge on any atom is -0.473 e. The van der Waals surface area contributed by atoms with E-state index in [9.17, 15) is 4.79 Å². The maximum Gasteiger partial charge on any atom is 0.338 e. The lowest BCUT2D eigenvalue weighted by atomic mass is 9.92. The van der Waals surface area contributed by atoms with Crippen molar-refractivity contribution in [2.75, 3.05) is 13.9 Å². The van der Waals surface area contributed by atoms with Crippen molar-refractivity contribution in [3.63, 3.8) is 0 Å². The Kier molecular flexibility index (Phi) is 5.66. The molecule has 1 aliphatic carbocycles. The first-order valence-corrected chi connectivity index (χ1v) is 9.05. The van der Waals surface area contributed by atoms with E-state index >= 15 is 0 Å². The highest BCUT2D eigenvalue weighted by Gasteiger charge is 2.34. The Labute approximate surface area is 166 Å². The molecule has 0 atom stereocenters. The average Bonchev–Trinajstić information content (AvgIpc) is 3.20. The molecule has 150 valence electrons. The predicted molar refractivity (Wildman–Crippen MR) is 99.3 cm³/mol. The van der Waals surface area contributed by atoms with Crippen LogP contribution in [0.2, 0.25) is 0 Å². The molecular weight excluding hydrogens is 378 g/mol. The minimum atomic E-state index is -0.320. The number of aromatic nitrogens is 3. The zero-order valence-corrected chi connectivity index (χ0v) is 15.7. The standard InChI is InChI=1S/C20H19N3O6/c1-25-12-26-18-9-17(29-23-18)16-10-22-19(11-21-16)27-14-7-15(8-14)28-20(24)13-5-3-2-4-6-13/h2-6,9-11,14-15H,7-8,12H2,1H3/t14-,15-. The lowest BCUT2D eigenvalue weighted by Crippen LogP contribution is -2.40. The highest BCUT2D eigenvalue weighted by molar-refractivity contribution is 5.89. The molecule has 0 saturated heterocycles. The van der Waals surface area contributed by atoms with Gasteiger partial charge in [0, 0.05) is 20.0 Å². The Morgan fingerprint density at radius 1 is 1.10 bits per heavy atom. The lowest BCUT2D eigenvalue weighted by molar-refractivity contribution is -0.0385. The van der Waals surface area contributed by atoms with Crippen molar-refractivity contribution in [1.82, 2.24) is 15.1 Å². The molecule has 0 bridgehead atoms. The van der Waals surface area contributed by atoms with Crippen LogP contribution < -0.4 is 9.47 Å². The second-order valence-electron chi connectivity index (χ2n) is 6.42. The second-order valence-corrected chi connectivity index (χ2v) is 6.42. The summed E-state index contributed by atoms with van der Waals surface area (Å²) < 4.78 is 26.4. The minimum absolute atomic E-state index is 0.0666. The third-order valence-corrected chi connectivity index (χ3v) is 4.32. The van der Waals surface area contributed by atoms with Crippen molar-refractivity contribution in [2.24, 2.45) is 0 Å². The van der Waals surface area contributed by atoms with E-state index in [1.54, 1.807) is 30.3 Å². The Bertz CT molecular complexity index is 938. The van der Waals surface area contributed by atoms with Gasteiger partial charge in [0.15, 0.2) is 12.6 Å². The molecule has 9 nitrogen and oxygen atoms in total. The van der Waals surface area contributed by atoms with E-state index in [0.717, 1.165) is 0 Å². The molecule has 0 unspecified atom stereocenters. The van der Waals surface area contributed by atoms with Gasteiger partial charge < -0.3 is 23.5 Å². The van der Waals surface area contributed by atoms with Crippen LogP contribution in [0.4, 0.5) is 0 Å². The third-order valence-electron chi connectivity index (χ3n) is 4.32. The number of hydrogen-bond acceptors (Lipinski definition) is 9. The predicted octanol–water partition coefficient (Wildman–Crippen LogP) is 2.88. The number of hydrogen-bond donors (Lipinski definition) is 0. The molecule has 1 fully saturated rings. The maximum atomic E-state index is 12.0. The number of nitrogens with zero attached hydrogens (tertiary/aromatic N) is 3. The fraction of sp³-hybridized carbons (Fsp3) is 0.300. The third kappa shape index (κ3) is 4.69. The van der Waals surface area contributed by atoms with Gasteiger partial charge in [-0.05, 0) is 17.3 Å². The summed E-state index contributed by atoms with van der Waals surface area (Å²) >= 11 is 0. The highest BCUT2D eigenvalue weighted by Crippen LogP contribution is 2.29. The number of esters is 1. The van der Waals surface area contributed by atoms with Gasteiger partial charge in [0.1, 0.15) is 17.9 Å². The first kappa shape index (κ1) is 18.9. The molecule has 1 aromatic carbocycles. The average molecular weight is 397 g/mol. The van der Waals surface area contributed by atoms with Crippen molar-refractivity contribution in [3.05, 3.63) is 54.4 Å². The van der Waals surface area contributed by atoms with Crippen molar-refractivity contribution >= 4 is 5.97 Å². The van der Waals surface area contributed by atoms with Gasteiger partial charge in [0.05, 0.1) is 24.0 Å². The van der Waals surface area contributed by atoms with Gasteiger partial charge in [-0.1, -0.05) is 18.2 Å². The van der Waals surface area contributed by atoms with Crippen LogP contribution in [-0.4, -0.2) is 47.2 Å². The van der Waals surface area contributed by atoms with E-state index in [-0.39, 0.29) is 25.0 Å². The van der Waals surface area contributed by atoms with Crippen molar-refractivity contribution in [3.8, 4) is 23.2 Å². The van der Waals surface area contributed by atoms with E-state index in [4.69, 9.17) is 23.5 Å². The monoisotopic (exact) mass is 397 g/mol. The second kappa shape index (κ2) is 8.70. The van der Waals surface area contributed by atoms with Gasteiger partial charge in [-0.3, -0.25) is 0 Å². The molecule has 0 radical (unpaired) electrons. The number of carbonyl (C=O) groups excluding carboxylic acids is 1. The van der Waals surface area contributed by atoms with Gasteiger partial charge in [-0.2, -0.15) is 0 Å². The Morgan fingerprint density at radius 3 is 2.66 bits per heavy atom. The molecule has 2 aromatic heterocycles. The molecule has 0 aliphatic heterocycles. The van der Waals surface area contributed by atoms with Crippen LogP contribution in [0.5, 0.6) is 11.8 Å². The first-order chi connectivity index (χ1) is 14.2. The van der Waals surface area contributed by atoms with E-state index in [2.05, 4.69) is 15.1 Å². The Hall–Kier alpha value is -3.46. The SMILES string of the molecule is COCOc1cc(-c2cnc(O[C@H]3C[C@H](OC(=O)c4ccccc4)C3)cn2)on1. The molecule has 1 saturated carbocycles. The van der Waals surface area contributed by atoms with E-state index in [1.165, 1.54) is 19.5 Å². The molecule has 4 rings (SSSR count).